The Hall–Kier alpha value is 0.350. The molecule has 0 aliphatic carbocycles. The molecule has 0 N–H and O–H groups in total. The Bertz CT molecular complexity index is 227. The maximum atomic E-state index is 11.7. The molecule has 4 nitrogen and oxygen atoms in total. The number of hydrogen-bond donors (Lipinski definition) is 0. The summed E-state index contributed by atoms with van der Waals surface area (Å²) in [6.45, 7) is 5.21. The molecule has 0 aliphatic rings. The van der Waals surface area contributed by atoms with Gasteiger partial charge < -0.3 is 0 Å². The fourth-order valence-corrected chi connectivity index (χ4v) is 3.12. The van der Waals surface area contributed by atoms with Gasteiger partial charge in [0.2, 0.25) is 0 Å². The summed E-state index contributed by atoms with van der Waals surface area (Å²) >= 11 is 3.21. The largest absolute Gasteiger partial charge is 0.281 e. The lowest BCUT2D eigenvalue weighted by molar-refractivity contribution is 0.385. The predicted molar refractivity (Wildman–Crippen MR) is 58.3 cm³/mol. The van der Waals surface area contributed by atoms with Crippen molar-refractivity contribution in [2.75, 3.05) is 32.0 Å². The van der Waals surface area contributed by atoms with E-state index >= 15 is 0 Å². The van der Waals surface area contributed by atoms with Gasteiger partial charge in [0.15, 0.2) is 0 Å². The Morgan fingerprint density at radius 2 is 1.69 bits per heavy atom. The molecule has 0 saturated carbocycles. The number of halogens is 1. The van der Waals surface area contributed by atoms with Crippen molar-refractivity contribution in [3.8, 4) is 0 Å². The van der Waals surface area contributed by atoms with Crippen LogP contribution in [-0.4, -0.2) is 49.0 Å². The first kappa shape index (κ1) is 13.4. The average molecular weight is 273 g/mol. The lowest BCUT2D eigenvalue weighted by Crippen LogP contribution is -2.42. The second-order valence-corrected chi connectivity index (χ2v) is 5.43. The maximum absolute atomic E-state index is 11.7. The van der Waals surface area contributed by atoms with E-state index in [9.17, 15) is 8.42 Å². The van der Waals surface area contributed by atoms with Gasteiger partial charge >= 0.3 is 0 Å². The molecule has 0 aromatic heterocycles. The highest BCUT2D eigenvalue weighted by Crippen LogP contribution is 2.05. The Morgan fingerprint density at radius 3 is 2.00 bits per heavy atom. The molecule has 0 bridgehead atoms. The van der Waals surface area contributed by atoms with Crippen LogP contribution in [0.25, 0.3) is 0 Å². The third-order valence-corrected chi connectivity index (χ3v) is 4.32. The first-order valence-corrected chi connectivity index (χ1v) is 6.79. The smallest absolute Gasteiger partial charge is 0.195 e. The summed E-state index contributed by atoms with van der Waals surface area (Å²) < 4.78 is 26.2. The Morgan fingerprint density at radius 1 is 1.23 bits per heavy atom. The van der Waals surface area contributed by atoms with Crippen molar-refractivity contribution in [1.29, 1.82) is 0 Å². The molecular formula is C7H17BrN2O2S. The van der Waals surface area contributed by atoms with Gasteiger partial charge in [-0.25, -0.2) is 0 Å². The van der Waals surface area contributed by atoms with E-state index in [0.29, 0.717) is 25.0 Å². The molecule has 6 heteroatoms. The highest BCUT2D eigenvalue weighted by molar-refractivity contribution is 9.09. The van der Waals surface area contributed by atoms with Gasteiger partial charge in [0.05, 0.1) is 0 Å². The summed E-state index contributed by atoms with van der Waals surface area (Å²) in [6.07, 6.45) is 0. The van der Waals surface area contributed by atoms with Crippen molar-refractivity contribution < 1.29 is 8.42 Å². The molecule has 0 fully saturated rings. The zero-order valence-electron chi connectivity index (χ0n) is 8.33. The van der Waals surface area contributed by atoms with Crippen LogP contribution in [0.4, 0.5) is 0 Å². The fourth-order valence-electron chi connectivity index (χ4n) is 0.981. The van der Waals surface area contributed by atoms with Crippen molar-refractivity contribution >= 4 is 26.1 Å². The minimum absolute atomic E-state index is 0.499. The molecule has 0 amide bonds. The second-order valence-electron chi connectivity index (χ2n) is 2.60. The number of nitrogens with zero attached hydrogens (tertiary/aromatic N) is 2. The van der Waals surface area contributed by atoms with Crippen LogP contribution in [0, 0.1) is 0 Å². The minimum atomic E-state index is -3.23. The van der Waals surface area contributed by atoms with Crippen molar-refractivity contribution in [3.63, 3.8) is 0 Å². The van der Waals surface area contributed by atoms with E-state index in [1.54, 1.807) is 7.05 Å². The van der Waals surface area contributed by atoms with E-state index < -0.39 is 10.2 Å². The average Bonchev–Trinajstić information content (AvgIpc) is 2.06. The fraction of sp³-hybridized carbons (Fsp3) is 1.00. The topological polar surface area (TPSA) is 40.6 Å². The summed E-state index contributed by atoms with van der Waals surface area (Å²) in [4.78, 5) is 0. The number of alkyl halides is 1. The van der Waals surface area contributed by atoms with Crippen LogP contribution in [0.1, 0.15) is 13.8 Å². The molecule has 0 heterocycles. The molecule has 0 spiro atoms. The van der Waals surface area contributed by atoms with E-state index in [1.165, 1.54) is 8.61 Å². The van der Waals surface area contributed by atoms with E-state index in [-0.39, 0.29) is 0 Å². The molecule has 0 aromatic carbocycles. The first-order chi connectivity index (χ1) is 6.00. The van der Waals surface area contributed by atoms with E-state index in [0.717, 1.165) is 0 Å². The molecule has 0 unspecified atom stereocenters. The van der Waals surface area contributed by atoms with E-state index in [4.69, 9.17) is 0 Å². The van der Waals surface area contributed by atoms with Crippen LogP contribution in [0.15, 0.2) is 0 Å². The minimum Gasteiger partial charge on any atom is -0.195 e. The molecule has 13 heavy (non-hydrogen) atoms. The zero-order valence-corrected chi connectivity index (χ0v) is 10.7. The monoisotopic (exact) mass is 272 g/mol. The molecule has 0 atom stereocenters. The van der Waals surface area contributed by atoms with E-state index in [2.05, 4.69) is 15.9 Å². The Labute approximate surface area is 89.2 Å². The highest BCUT2D eigenvalue weighted by atomic mass is 79.9. The zero-order chi connectivity index (χ0) is 10.5. The van der Waals surface area contributed by atoms with Gasteiger partial charge in [-0.15, -0.1) is 0 Å². The molecular weight excluding hydrogens is 256 g/mol. The van der Waals surface area contributed by atoms with Gasteiger partial charge in [-0.2, -0.15) is 17.0 Å². The summed E-state index contributed by atoms with van der Waals surface area (Å²) in [5.74, 6) is 0. The van der Waals surface area contributed by atoms with Crippen molar-refractivity contribution in [1.82, 2.24) is 8.61 Å². The summed E-state index contributed by atoms with van der Waals surface area (Å²) in [7, 11) is -1.63. The molecule has 80 valence electrons. The molecule has 0 rings (SSSR count). The SMILES string of the molecule is CCN(CC)S(=O)(=O)N(C)CCBr. The quantitative estimate of drug-likeness (QED) is 0.675. The number of rotatable bonds is 6. The van der Waals surface area contributed by atoms with Gasteiger partial charge in [-0.3, -0.25) is 0 Å². The van der Waals surface area contributed by atoms with Crippen LogP contribution in [-0.2, 0) is 10.2 Å². The Kier molecular flexibility index (Phi) is 6.11. The molecule has 0 saturated heterocycles. The van der Waals surface area contributed by atoms with Crippen molar-refractivity contribution in [2.24, 2.45) is 0 Å². The second kappa shape index (κ2) is 5.95. The van der Waals surface area contributed by atoms with Crippen molar-refractivity contribution in [2.45, 2.75) is 13.8 Å². The van der Waals surface area contributed by atoms with E-state index in [1.807, 2.05) is 13.8 Å². The van der Waals surface area contributed by atoms with Gasteiger partial charge in [-0.1, -0.05) is 29.8 Å². The third-order valence-electron chi connectivity index (χ3n) is 1.82. The third kappa shape index (κ3) is 3.53. The summed E-state index contributed by atoms with van der Waals surface area (Å²) in [5.41, 5.74) is 0. The summed E-state index contributed by atoms with van der Waals surface area (Å²) in [5, 5.41) is 0.657. The maximum Gasteiger partial charge on any atom is 0.281 e. The molecule has 0 radical (unpaired) electrons. The lowest BCUT2D eigenvalue weighted by atomic mass is 10.7. The highest BCUT2D eigenvalue weighted by Gasteiger charge is 2.23. The first-order valence-electron chi connectivity index (χ1n) is 4.28. The predicted octanol–water partition coefficient (Wildman–Crippen LogP) is 0.900. The van der Waals surface area contributed by atoms with Crippen LogP contribution in [0.5, 0.6) is 0 Å². The van der Waals surface area contributed by atoms with Crippen LogP contribution >= 0.6 is 15.9 Å². The van der Waals surface area contributed by atoms with Crippen LogP contribution in [0.3, 0.4) is 0 Å². The van der Waals surface area contributed by atoms with Gasteiger partial charge in [-0.05, 0) is 0 Å². The molecule has 0 aliphatic heterocycles. The van der Waals surface area contributed by atoms with Gasteiger partial charge in [0.1, 0.15) is 0 Å². The lowest BCUT2D eigenvalue weighted by Gasteiger charge is -2.24. The van der Waals surface area contributed by atoms with Gasteiger partial charge in [0, 0.05) is 32.0 Å². The standard InChI is InChI=1S/C7H17BrN2O2S/c1-4-10(5-2)13(11,12)9(3)7-6-8/h4-7H2,1-3H3. The van der Waals surface area contributed by atoms with Crippen molar-refractivity contribution in [3.05, 3.63) is 0 Å². The van der Waals surface area contributed by atoms with Crippen LogP contribution < -0.4 is 0 Å². The van der Waals surface area contributed by atoms with Crippen LogP contribution in [0.2, 0.25) is 0 Å². The normalized spacial score (nSPS) is 12.8. The van der Waals surface area contributed by atoms with Gasteiger partial charge in [0.25, 0.3) is 10.2 Å². The Balaban J connectivity index is 4.53. The summed E-state index contributed by atoms with van der Waals surface area (Å²) in [6, 6.07) is 0. The number of hydrogen-bond acceptors (Lipinski definition) is 2. The molecule has 0 aromatic rings.